The molecule has 23 heavy (non-hydrogen) atoms. The molecule has 0 spiro atoms. The average Bonchev–Trinajstić information content (AvgIpc) is 2.41. The van der Waals surface area contributed by atoms with Gasteiger partial charge in [0.25, 0.3) is 0 Å². The molecule has 0 saturated heterocycles. The molecule has 2 unspecified atom stereocenters. The first-order valence-electron chi connectivity index (χ1n) is 8.90. The van der Waals surface area contributed by atoms with Crippen LogP contribution in [0.2, 0.25) is 5.02 Å². The van der Waals surface area contributed by atoms with E-state index in [4.69, 9.17) is 16.3 Å². The van der Waals surface area contributed by atoms with E-state index in [1.807, 2.05) is 12.1 Å². The largest absolute Gasteiger partial charge is 0.495 e. The van der Waals surface area contributed by atoms with Crippen LogP contribution in [0.3, 0.4) is 0 Å². The molecule has 1 aromatic carbocycles. The lowest BCUT2D eigenvalue weighted by Gasteiger charge is -2.65. The molecular formula is C20H28ClNO. The van der Waals surface area contributed by atoms with Crippen molar-refractivity contribution in [2.75, 3.05) is 7.11 Å². The molecule has 1 aromatic rings. The van der Waals surface area contributed by atoms with E-state index in [0.717, 1.165) is 18.2 Å². The molecule has 1 N–H and O–H groups in total. The Morgan fingerprint density at radius 3 is 2.39 bits per heavy atom. The molecule has 5 rings (SSSR count). The zero-order chi connectivity index (χ0) is 16.3. The molecule has 0 aromatic heterocycles. The van der Waals surface area contributed by atoms with Crippen LogP contribution in [0.1, 0.15) is 57.9 Å². The Morgan fingerprint density at radius 2 is 1.83 bits per heavy atom. The smallest absolute Gasteiger partial charge is 0.137 e. The van der Waals surface area contributed by atoms with E-state index in [1.165, 1.54) is 44.1 Å². The number of ether oxygens (including phenoxy) is 1. The Kier molecular flexibility index (Phi) is 3.52. The fourth-order valence-corrected chi connectivity index (χ4v) is 7.03. The van der Waals surface area contributed by atoms with Crippen molar-refractivity contribution < 1.29 is 4.74 Å². The summed E-state index contributed by atoms with van der Waals surface area (Å²) in [6.45, 7) is 5.95. The number of hydrogen-bond acceptors (Lipinski definition) is 2. The second-order valence-electron chi connectivity index (χ2n) is 9.23. The lowest BCUT2D eigenvalue weighted by Crippen LogP contribution is -2.63. The van der Waals surface area contributed by atoms with Gasteiger partial charge in [-0.05, 0) is 73.0 Å². The summed E-state index contributed by atoms with van der Waals surface area (Å²) in [5.41, 5.74) is 2.70. The van der Waals surface area contributed by atoms with Crippen LogP contribution in [0.5, 0.6) is 5.75 Å². The van der Waals surface area contributed by atoms with E-state index >= 15 is 0 Å². The summed E-state index contributed by atoms with van der Waals surface area (Å²) in [6, 6.07) is 6.14. The minimum atomic E-state index is 0.343. The van der Waals surface area contributed by atoms with Gasteiger partial charge >= 0.3 is 0 Å². The topological polar surface area (TPSA) is 21.3 Å². The van der Waals surface area contributed by atoms with Crippen LogP contribution in [0.25, 0.3) is 0 Å². The third-order valence-electron chi connectivity index (χ3n) is 6.51. The number of rotatable bonds is 4. The number of nitrogens with one attached hydrogen (secondary N) is 1. The summed E-state index contributed by atoms with van der Waals surface area (Å²) in [5.74, 6) is 1.68. The number of hydrogen-bond donors (Lipinski definition) is 1. The van der Waals surface area contributed by atoms with E-state index in [1.54, 1.807) is 7.11 Å². The van der Waals surface area contributed by atoms with E-state index in [-0.39, 0.29) is 0 Å². The normalized spacial score (nSPS) is 41.3. The Labute approximate surface area is 144 Å². The Bertz CT molecular complexity index is 610. The lowest BCUT2D eigenvalue weighted by molar-refractivity contribution is -0.118. The highest BCUT2D eigenvalue weighted by Crippen LogP contribution is 2.66. The van der Waals surface area contributed by atoms with Gasteiger partial charge in [0.15, 0.2) is 0 Å². The molecule has 4 aliphatic rings. The molecule has 4 fully saturated rings. The van der Waals surface area contributed by atoms with E-state index in [2.05, 4.69) is 25.2 Å². The molecule has 3 heteroatoms. The van der Waals surface area contributed by atoms with Crippen molar-refractivity contribution in [3.8, 4) is 5.75 Å². The summed E-state index contributed by atoms with van der Waals surface area (Å²) >= 11 is 6.28. The van der Waals surface area contributed by atoms with Gasteiger partial charge in [0.1, 0.15) is 5.75 Å². The SMILES string of the molecule is COc1ccc(CNC23CC4CC(C)(CC(C)(C4)C2)C3)cc1Cl. The van der Waals surface area contributed by atoms with Gasteiger partial charge in [-0.25, -0.2) is 0 Å². The van der Waals surface area contributed by atoms with Crippen molar-refractivity contribution in [1.82, 2.24) is 5.32 Å². The Balaban J connectivity index is 1.52. The Hall–Kier alpha value is -0.730. The summed E-state index contributed by atoms with van der Waals surface area (Å²) in [7, 11) is 1.66. The molecule has 4 saturated carbocycles. The van der Waals surface area contributed by atoms with Gasteiger partial charge in [0, 0.05) is 12.1 Å². The maximum absolute atomic E-state index is 6.28. The molecule has 4 aliphatic carbocycles. The van der Waals surface area contributed by atoms with Gasteiger partial charge in [0.05, 0.1) is 12.1 Å². The fourth-order valence-electron chi connectivity index (χ4n) is 6.75. The highest BCUT2D eigenvalue weighted by Gasteiger charge is 2.59. The first-order valence-corrected chi connectivity index (χ1v) is 9.28. The van der Waals surface area contributed by atoms with Gasteiger partial charge in [-0.15, -0.1) is 0 Å². The standard InChI is InChI=1S/C20H28ClNO/c1-18-7-15-8-19(2,11-18)13-20(9-15,12-18)22-10-14-4-5-17(23-3)16(21)6-14/h4-6,15,22H,7-13H2,1-3H3. The van der Waals surface area contributed by atoms with Crippen molar-refractivity contribution >= 4 is 11.6 Å². The van der Waals surface area contributed by atoms with Gasteiger partial charge in [-0.1, -0.05) is 31.5 Å². The zero-order valence-electron chi connectivity index (χ0n) is 14.5. The molecular weight excluding hydrogens is 306 g/mol. The first kappa shape index (κ1) is 15.8. The molecule has 0 aliphatic heterocycles. The molecule has 2 atom stereocenters. The van der Waals surface area contributed by atoms with Gasteiger partial charge in [-0.3, -0.25) is 0 Å². The molecule has 0 amide bonds. The highest BCUT2D eigenvalue weighted by molar-refractivity contribution is 6.32. The molecule has 4 bridgehead atoms. The second kappa shape index (κ2) is 5.13. The van der Waals surface area contributed by atoms with Crippen LogP contribution in [0.4, 0.5) is 0 Å². The van der Waals surface area contributed by atoms with Crippen LogP contribution in [0.15, 0.2) is 18.2 Å². The van der Waals surface area contributed by atoms with Crippen LogP contribution < -0.4 is 10.1 Å². The molecule has 0 radical (unpaired) electrons. The monoisotopic (exact) mass is 333 g/mol. The third-order valence-corrected chi connectivity index (χ3v) is 6.81. The maximum Gasteiger partial charge on any atom is 0.137 e. The molecule has 2 nitrogen and oxygen atoms in total. The van der Waals surface area contributed by atoms with Crippen LogP contribution in [-0.2, 0) is 6.54 Å². The van der Waals surface area contributed by atoms with Gasteiger partial charge in [-0.2, -0.15) is 0 Å². The lowest BCUT2D eigenvalue weighted by atomic mass is 9.43. The van der Waals surface area contributed by atoms with Crippen molar-refractivity contribution in [2.45, 2.75) is 64.5 Å². The van der Waals surface area contributed by atoms with Crippen molar-refractivity contribution in [1.29, 1.82) is 0 Å². The van der Waals surface area contributed by atoms with E-state index in [9.17, 15) is 0 Å². The van der Waals surface area contributed by atoms with Gasteiger partial charge < -0.3 is 10.1 Å². The second-order valence-corrected chi connectivity index (χ2v) is 9.64. The predicted molar refractivity (Wildman–Crippen MR) is 95.0 cm³/mol. The van der Waals surface area contributed by atoms with Crippen LogP contribution in [0, 0.1) is 16.7 Å². The Morgan fingerprint density at radius 1 is 1.13 bits per heavy atom. The minimum absolute atomic E-state index is 0.343. The van der Waals surface area contributed by atoms with Crippen molar-refractivity contribution in [3.63, 3.8) is 0 Å². The fraction of sp³-hybridized carbons (Fsp3) is 0.700. The first-order chi connectivity index (χ1) is 10.8. The summed E-state index contributed by atoms with van der Waals surface area (Å²) < 4.78 is 5.25. The summed E-state index contributed by atoms with van der Waals surface area (Å²) in [5, 5.41) is 4.66. The van der Waals surface area contributed by atoms with Gasteiger partial charge in [0.2, 0.25) is 0 Å². The van der Waals surface area contributed by atoms with Crippen molar-refractivity contribution in [2.24, 2.45) is 16.7 Å². The summed E-state index contributed by atoms with van der Waals surface area (Å²) in [6.07, 6.45) is 8.36. The average molecular weight is 334 g/mol. The predicted octanol–water partition coefficient (Wildman–Crippen LogP) is 5.19. The highest BCUT2D eigenvalue weighted by atomic mass is 35.5. The van der Waals surface area contributed by atoms with Crippen molar-refractivity contribution in [3.05, 3.63) is 28.8 Å². The summed E-state index contributed by atoms with van der Waals surface area (Å²) in [4.78, 5) is 0. The molecule has 0 heterocycles. The van der Waals surface area contributed by atoms with E-state index < -0.39 is 0 Å². The van der Waals surface area contributed by atoms with E-state index in [0.29, 0.717) is 21.4 Å². The number of methoxy groups -OCH3 is 1. The number of halogens is 1. The third kappa shape index (κ3) is 2.78. The van der Waals surface area contributed by atoms with Crippen LogP contribution in [-0.4, -0.2) is 12.6 Å². The molecule has 126 valence electrons. The minimum Gasteiger partial charge on any atom is -0.495 e. The maximum atomic E-state index is 6.28. The number of benzene rings is 1. The van der Waals surface area contributed by atoms with Crippen LogP contribution >= 0.6 is 11.6 Å². The zero-order valence-corrected chi connectivity index (χ0v) is 15.3. The quantitative estimate of drug-likeness (QED) is 0.819.